The van der Waals surface area contributed by atoms with Crippen LogP contribution in [0.5, 0.6) is 0 Å². The minimum atomic E-state index is -0.173. The van der Waals surface area contributed by atoms with E-state index < -0.39 is 0 Å². The van der Waals surface area contributed by atoms with E-state index in [4.69, 9.17) is 5.10 Å². The number of hydrogen-bond acceptors (Lipinski definition) is 3. The molecule has 1 aliphatic carbocycles. The summed E-state index contributed by atoms with van der Waals surface area (Å²) in [4.78, 5) is 4.64. The smallest absolute Gasteiger partial charge is 0.160 e. The van der Waals surface area contributed by atoms with Crippen molar-refractivity contribution in [3.8, 4) is 11.5 Å². The summed E-state index contributed by atoms with van der Waals surface area (Å²) >= 11 is 0. The third kappa shape index (κ3) is 3.15. The highest BCUT2D eigenvalue weighted by Crippen LogP contribution is 2.43. The van der Waals surface area contributed by atoms with Crippen molar-refractivity contribution in [2.24, 2.45) is 0 Å². The molecule has 1 aliphatic heterocycles. The van der Waals surface area contributed by atoms with Gasteiger partial charge >= 0.3 is 0 Å². The molecule has 0 amide bonds. The minimum absolute atomic E-state index is 0.0432. The molecule has 0 bridgehead atoms. The first-order chi connectivity index (χ1) is 13.7. The highest BCUT2D eigenvalue weighted by Gasteiger charge is 2.36. The van der Waals surface area contributed by atoms with E-state index in [0.717, 1.165) is 57.0 Å². The maximum Gasteiger partial charge on any atom is 0.160 e. The minimum Gasteiger partial charge on any atom is -0.329 e. The molecule has 6 heteroatoms. The van der Waals surface area contributed by atoms with Crippen LogP contribution in [0.4, 0.5) is 4.39 Å². The van der Waals surface area contributed by atoms with Gasteiger partial charge in [0.05, 0.1) is 5.69 Å². The summed E-state index contributed by atoms with van der Waals surface area (Å²) in [6, 6.07) is 9.26. The van der Waals surface area contributed by atoms with Crippen molar-refractivity contribution in [2.45, 2.75) is 57.2 Å². The Kier molecular flexibility index (Phi) is 4.51. The summed E-state index contributed by atoms with van der Waals surface area (Å²) in [6.07, 6.45) is 9.70. The lowest BCUT2D eigenvalue weighted by Crippen LogP contribution is -2.28. The zero-order valence-corrected chi connectivity index (χ0v) is 16.1. The number of aromatic nitrogens is 4. The van der Waals surface area contributed by atoms with E-state index in [1.165, 1.54) is 24.1 Å². The number of benzene rings is 1. The summed E-state index contributed by atoms with van der Waals surface area (Å²) in [6.45, 7) is 3.69. The van der Waals surface area contributed by atoms with Crippen molar-refractivity contribution in [2.75, 3.05) is 6.54 Å². The number of nitrogens with one attached hydrogen (secondary N) is 1. The summed E-state index contributed by atoms with van der Waals surface area (Å²) in [7, 11) is 0. The van der Waals surface area contributed by atoms with Crippen molar-refractivity contribution >= 4 is 0 Å². The Labute approximate surface area is 164 Å². The average Bonchev–Trinajstić information content (AvgIpc) is 3.41. The van der Waals surface area contributed by atoms with E-state index in [0.29, 0.717) is 0 Å². The standard InChI is InChI=1S/C22H26FN5/c23-18-6-4-17(5-7-18)22(8-1-2-9-22)16-27-13-11-25-21(27)20-14-19-15-24-10-3-12-28(19)26-20/h4-7,11,13-14,24H,1-3,8-10,12,15-16H2. The van der Waals surface area contributed by atoms with Crippen LogP contribution < -0.4 is 5.32 Å². The summed E-state index contributed by atoms with van der Waals surface area (Å²) in [5.74, 6) is 0.752. The topological polar surface area (TPSA) is 47.7 Å². The summed E-state index contributed by atoms with van der Waals surface area (Å²) in [5, 5.41) is 8.29. The van der Waals surface area contributed by atoms with Crippen LogP contribution in [0, 0.1) is 5.82 Å². The fourth-order valence-electron chi connectivity index (χ4n) is 4.86. The van der Waals surface area contributed by atoms with Gasteiger partial charge < -0.3 is 9.88 Å². The fourth-order valence-corrected chi connectivity index (χ4v) is 4.86. The lowest BCUT2D eigenvalue weighted by Gasteiger charge is -2.30. The monoisotopic (exact) mass is 379 g/mol. The van der Waals surface area contributed by atoms with Crippen molar-refractivity contribution in [1.29, 1.82) is 0 Å². The predicted octanol–water partition coefficient (Wildman–Crippen LogP) is 3.89. The van der Waals surface area contributed by atoms with Gasteiger partial charge in [0.2, 0.25) is 0 Å². The van der Waals surface area contributed by atoms with Crippen molar-refractivity contribution in [3.05, 3.63) is 59.8 Å². The number of imidazole rings is 1. The van der Waals surface area contributed by atoms with Gasteiger partial charge in [-0.3, -0.25) is 4.68 Å². The van der Waals surface area contributed by atoms with Gasteiger partial charge in [-0.15, -0.1) is 0 Å². The lowest BCUT2D eigenvalue weighted by atomic mass is 9.78. The highest BCUT2D eigenvalue weighted by molar-refractivity contribution is 5.50. The number of aryl methyl sites for hydroxylation is 1. The lowest BCUT2D eigenvalue weighted by molar-refractivity contribution is 0.372. The Balaban J connectivity index is 1.48. The Morgan fingerprint density at radius 2 is 1.93 bits per heavy atom. The van der Waals surface area contributed by atoms with Gasteiger partial charge in [0.25, 0.3) is 0 Å². The molecule has 3 aromatic rings. The Bertz CT molecular complexity index is 926. The molecular weight excluding hydrogens is 353 g/mol. The first kappa shape index (κ1) is 17.6. The first-order valence-corrected chi connectivity index (χ1v) is 10.3. The van der Waals surface area contributed by atoms with E-state index in [2.05, 4.69) is 31.8 Å². The van der Waals surface area contributed by atoms with Crippen LogP contribution in [0.3, 0.4) is 0 Å². The number of nitrogens with zero attached hydrogens (tertiary/aromatic N) is 4. The van der Waals surface area contributed by atoms with E-state index in [-0.39, 0.29) is 11.2 Å². The average molecular weight is 379 g/mol. The third-order valence-electron chi connectivity index (χ3n) is 6.33. The van der Waals surface area contributed by atoms with Gasteiger partial charge in [0, 0.05) is 37.4 Å². The normalized spacial score (nSPS) is 18.8. The molecule has 0 unspecified atom stereocenters. The number of fused-ring (bicyclic) bond motifs is 1. The molecule has 1 N–H and O–H groups in total. The molecule has 1 aromatic carbocycles. The van der Waals surface area contributed by atoms with Crippen molar-refractivity contribution < 1.29 is 4.39 Å². The zero-order chi connectivity index (χ0) is 19.0. The molecular formula is C22H26FN5. The van der Waals surface area contributed by atoms with Crippen LogP contribution >= 0.6 is 0 Å². The number of rotatable bonds is 4. The molecule has 3 heterocycles. The maximum atomic E-state index is 13.5. The van der Waals surface area contributed by atoms with Crippen LogP contribution in [-0.4, -0.2) is 25.9 Å². The summed E-state index contributed by atoms with van der Waals surface area (Å²) in [5.41, 5.74) is 3.43. The molecule has 0 spiro atoms. The fraction of sp³-hybridized carbons (Fsp3) is 0.455. The van der Waals surface area contributed by atoms with Gasteiger partial charge in [-0.25, -0.2) is 9.37 Å². The third-order valence-corrected chi connectivity index (χ3v) is 6.33. The molecule has 28 heavy (non-hydrogen) atoms. The second kappa shape index (κ2) is 7.17. The van der Waals surface area contributed by atoms with Gasteiger partial charge in [-0.2, -0.15) is 5.10 Å². The Morgan fingerprint density at radius 1 is 1.11 bits per heavy atom. The van der Waals surface area contributed by atoms with Crippen LogP contribution in [-0.2, 0) is 25.0 Å². The first-order valence-electron chi connectivity index (χ1n) is 10.3. The van der Waals surface area contributed by atoms with E-state index >= 15 is 0 Å². The van der Waals surface area contributed by atoms with Gasteiger partial charge in [0.1, 0.15) is 11.5 Å². The predicted molar refractivity (Wildman–Crippen MR) is 106 cm³/mol. The van der Waals surface area contributed by atoms with E-state index in [1.807, 2.05) is 18.3 Å². The van der Waals surface area contributed by atoms with Crippen LogP contribution in [0.1, 0.15) is 43.4 Å². The van der Waals surface area contributed by atoms with Crippen molar-refractivity contribution in [1.82, 2.24) is 24.6 Å². The van der Waals surface area contributed by atoms with Gasteiger partial charge in [0.15, 0.2) is 5.82 Å². The Hall–Kier alpha value is -2.47. The number of hydrogen-bond donors (Lipinski definition) is 1. The van der Waals surface area contributed by atoms with Gasteiger partial charge in [-0.1, -0.05) is 25.0 Å². The van der Waals surface area contributed by atoms with E-state index in [1.54, 1.807) is 12.1 Å². The molecule has 0 radical (unpaired) electrons. The molecule has 0 saturated heterocycles. The quantitative estimate of drug-likeness (QED) is 0.748. The van der Waals surface area contributed by atoms with Crippen LogP contribution in [0.2, 0.25) is 0 Å². The molecule has 2 aliphatic rings. The molecule has 146 valence electrons. The zero-order valence-electron chi connectivity index (χ0n) is 16.1. The van der Waals surface area contributed by atoms with E-state index in [9.17, 15) is 4.39 Å². The van der Waals surface area contributed by atoms with Crippen molar-refractivity contribution in [3.63, 3.8) is 0 Å². The maximum absolute atomic E-state index is 13.5. The molecule has 1 saturated carbocycles. The molecule has 0 atom stereocenters. The molecule has 5 nitrogen and oxygen atoms in total. The second-order valence-electron chi connectivity index (χ2n) is 8.15. The summed E-state index contributed by atoms with van der Waals surface area (Å²) < 4.78 is 17.8. The largest absolute Gasteiger partial charge is 0.329 e. The van der Waals surface area contributed by atoms with Crippen LogP contribution in [0.25, 0.3) is 11.5 Å². The highest BCUT2D eigenvalue weighted by atomic mass is 19.1. The second-order valence-corrected chi connectivity index (χ2v) is 8.15. The Morgan fingerprint density at radius 3 is 2.75 bits per heavy atom. The SMILES string of the molecule is Fc1ccc(C2(Cn3ccnc3-c3cc4n(n3)CCCNC4)CCCC2)cc1. The van der Waals surface area contributed by atoms with Crippen LogP contribution in [0.15, 0.2) is 42.7 Å². The molecule has 2 aromatic heterocycles. The molecule has 5 rings (SSSR count). The van der Waals surface area contributed by atoms with Gasteiger partial charge in [-0.05, 0) is 49.6 Å². The molecule has 1 fully saturated rings. The number of halogens is 1.